The van der Waals surface area contributed by atoms with Crippen LogP contribution in [-0.4, -0.2) is 27.3 Å². The molecule has 0 saturated heterocycles. The first-order valence-corrected chi connectivity index (χ1v) is 12.1. The first-order chi connectivity index (χ1) is 16.6. The third kappa shape index (κ3) is 6.63. The second-order valence-corrected chi connectivity index (χ2v) is 9.86. The van der Waals surface area contributed by atoms with Crippen LogP contribution in [0.15, 0.2) is 54.6 Å². The zero-order valence-electron chi connectivity index (χ0n) is 20.3. The van der Waals surface area contributed by atoms with Gasteiger partial charge in [0.05, 0.1) is 13.0 Å². The van der Waals surface area contributed by atoms with Gasteiger partial charge in [0.25, 0.3) is 5.09 Å². The molecule has 4 rings (SSSR count). The lowest BCUT2D eigenvalue weighted by molar-refractivity contribution is -0.757. The summed E-state index contributed by atoms with van der Waals surface area (Å²) in [6.45, 7) is 7.48. The highest BCUT2D eigenvalue weighted by atomic mass is 35.5. The van der Waals surface area contributed by atoms with Gasteiger partial charge in [0.2, 0.25) is 0 Å². The molecule has 0 amide bonds. The van der Waals surface area contributed by atoms with E-state index in [0.29, 0.717) is 5.02 Å². The zero-order chi connectivity index (χ0) is 25.6. The molecule has 0 fully saturated rings. The van der Waals surface area contributed by atoms with E-state index in [0.717, 1.165) is 53.8 Å². The highest BCUT2D eigenvalue weighted by molar-refractivity contribution is 6.30. The summed E-state index contributed by atoms with van der Waals surface area (Å²) in [6.07, 6.45) is 2.61. The fraction of sp³-hybridized carbons (Fsp3) is 0.370. The monoisotopic (exact) mass is 498 g/mol. The standard InChI is InChI=1S/C23H22ClNO2.C4H9NO3/c1-23(2)13-19-22(15-6-4-3-5-7-15)21(16-8-10-17(24)11-9-16)18(12-20(26)27)25(19)14-23;1-2-3-4-8-5(6)7/h3-11H,12-14H2,1-2H3,(H,26,27);2-4H2,1H3. The predicted molar refractivity (Wildman–Crippen MR) is 137 cm³/mol. The molecule has 0 unspecified atom stereocenters. The molecule has 1 aromatic heterocycles. The quantitative estimate of drug-likeness (QED) is 0.212. The number of nitrogens with zero attached hydrogens (tertiary/aromatic N) is 2. The van der Waals surface area contributed by atoms with E-state index in [1.54, 1.807) is 0 Å². The summed E-state index contributed by atoms with van der Waals surface area (Å²) < 4.78 is 2.24. The van der Waals surface area contributed by atoms with Crippen molar-refractivity contribution in [3.8, 4) is 22.3 Å². The highest BCUT2D eigenvalue weighted by Crippen LogP contribution is 2.47. The van der Waals surface area contributed by atoms with E-state index in [4.69, 9.17) is 11.6 Å². The summed E-state index contributed by atoms with van der Waals surface area (Å²) in [6, 6.07) is 18.0. The Morgan fingerprint density at radius 1 is 1.11 bits per heavy atom. The third-order valence-corrected chi connectivity index (χ3v) is 6.17. The number of rotatable bonds is 8. The van der Waals surface area contributed by atoms with Crippen molar-refractivity contribution >= 4 is 17.6 Å². The van der Waals surface area contributed by atoms with Crippen molar-refractivity contribution in [2.24, 2.45) is 5.41 Å². The average Bonchev–Trinajstić information content (AvgIpc) is 3.25. The van der Waals surface area contributed by atoms with E-state index in [1.165, 1.54) is 5.69 Å². The molecular weight excluding hydrogens is 468 g/mol. The lowest BCUT2D eigenvalue weighted by atomic mass is 9.86. The number of aliphatic carboxylic acids is 1. The fourth-order valence-corrected chi connectivity index (χ4v) is 4.61. The molecule has 8 heteroatoms. The van der Waals surface area contributed by atoms with Gasteiger partial charge >= 0.3 is 5.97 Å². The van der Waals surface area contributed by atoms with Crippen LogP contribution < -0.4 is 0 Å². The van der Waals surface area contributed by atoms with E-state index >= 15 is 0 Å². The molecule has 0 atom stereocenters. The molecule has 2 aromatic carbocycles. The van der Waals surface area contributed by atoms with Gasteiger partial charge in [0, 0.05) is 34.1 Å². The van der Waals surface area contributed by atoms with Gasteiger partial charge in [0.1, 0.15) is 0 Å². The van der Waals surface area contributed by atoms with Crippen molar-refractivity contribution in [3.05, 3.63) is 81.1 Å². The van der Waals surface area contributed by atoms with Gasteiger partial charge in [-0.3, -0.25) is 4.79 Å². The van der Waals surface area contributed by atoms with Crippen molar-refractivity contribution in [1.82, 2.24) is 4.57 Å². The highest BCUT2D eigenvalue weighted by Gasteiger charge is 2.36. The van der Waals surface area contributed by atoms with Crippen molar-refractivity contribution < 1.29 is 19.8 Å². The maximum Gasteiger partial charge on any atom is 0.309 e. The number of aromatic nitrogens is 1. The summed E-state index contributed by atoms with van der Waals surface area (Å²) in [7, 11) is 0. The van der Waals surface area contributed by atoms with Crippen molar-refractivity contribution in [3.63, 3.8) is 0 Å². The van der Waals surface area contributed by atoms with E-state index in [2.05, 4.69) is 35.4 Å². The number of fused-ring (bicyclic) bond motifs is 1. The van der Waals surface area contributed by atoms with Gasteiger partial charge in [-0.1, -0.05) is 81.3 Å². The van der Waals surface area contributed by atoms with Crippen LogP contribution >= 0.6 is 11.6 Å². The second-order valence-electron chi connectivity index (χ2n) is 9.42. The fourth-order valence-electron chi connectivity index (χ4n) is 4.49. The number of carbonyl (C=O) groups is 1. The number of carboxylic acids is 1. The minimum absolute atomic E-state index is 0.00781. The number of carboxylic acid groups (broad SMARTS) is 1. The number of benzene rings is 2. The maximum absolute atomic E-state index is 11.7. The summed E-state index contributed by atoms with van der Waals surface area (Å²) in [5.74, 6) is -0.810. The lowest BCUT2D eigenvalue weighted by Crippen LogP contribution is -2.15. The Bertz CT molecular complexity index is 1170. The Kier molecular flexibility index (Phi) is 8.57. The first-order valence-electron chi connectivity index (χ1n) is 11.7. The van der Waals surface area contributed by atoms with E-state index in [1.807, 2.05) is 49.4 Å². The molecule has 0 spiro atoms. The molecule has 35 heavy (non-hydrogen) atoms. The van der Waals surface area contributed by atoms with E-state index in [9.17, 15) is 20.0 Å². The van der Waals surface area contributed by atoms with Crippen molar-refractivity contribution in [2.45, 2.75) is 53.0 Å². The topological polar surface area (TPSA) is 94.6 Å². The number of hydrogen-bond donors (Lipinski definition) is 1. The minimum atomic E-state index is -0.810. The summed E-state index contributed by atoms with van der Waals surface area (Å²) >= 11 is 6.09. The molecule has 3 aromatic rings. The summed E-state index contributed by atoms with van der Waals surface area (Å²) in [5.41, 5.74) is 6.53. The maximum atomic E-state index is 11.7. The summed E-state index contributed by atoms with van der Waals surface area (Å²) in [4.78, 5) is 25.1. The molecule has 0 bridgehead atoms. The number of hydrogen-bond acceptors (Lipinski definition) is 4. The normalized spacial score (nSPS) is 13.5. The van der Waals surface area contributed by atoms with E-state index < -0.39 is 11.1 Å². The smallest absolute Gasteiger partial charge is 0.309 e. The Morgan fingerprint density at radius 3 is 2.31 bits per heavy atom. The molecular formula is C27H31ClN2O5. The number of unbranched alkanes of at least 4 members (excludes halogenated alkanes) is 1. The van der Waals surface area contributed by atoms with Crippen LogP contribution in [0.4, 0.5) is 0 Å². The van der Waals surface area contributed by atoms with Crippen LogP contribution in [0.5, 0.6) is 0 Å². The molecule has 0 radical (unpaired) electrons. The third-order valence-electron chi connectivity index (χ3n) is 5.92. The van der Waals surface area contributed by atoms with Crippen LogP contribution in [0.25, 0.3) is 22.3 Å². The van der Waals surface area contributed by atoms with Crippen molar-refractivity contribution in [1.29, 1.82) is 0 Å². The Hall–Kier alpha value is -3.32. The van der Waals surface area contributed by atoms with Crippen LogP contribution in [0.1, 0.15) is 45.0 Å². The average molecular weight is 499 g/mol. The Labute approximate surface area is 210 Å². The van der Waals surface area contributed by atoms with Crippen LogP contribution in [0.3, 0.4) is 0 Å². The van der Waals surface area contributed by atoms with Crippen molar-refractivity contribution in [2.75, 3.05) is 6.61 Å². The van der Waals surface area contributed by atoms with Gasteiger partial charge in [-0.2, -0.15) is 0 Å². The molecule has 7 nitrogen and oxygen atoms in total. The molecule has 1 aliphatic heterocycles. The van der Waals surface area contributed by atoms with Gasteiger partial charge in [-0.05, 0) is 41.5 Å². The Balaban J connectivity index is 0.000000371. The first kappa shape index (κ1) is 26.3. The van der Waals surface area contributed by atoms with Gasteiger partial charge in [-0.15, -0.1) is 10.1 Å². The SMILES string of the molecule is CC1(C)Cc2c(-c3ccccc3)c(-c3ccc(Cl)cc3)c(CC(=O)O)n2C1.CCCCO[N+](=O)[O-]. The zero-order valence-corrected chi connectivity index (χ0v) is 21.0. The molecule has 1 aliphatic rings. The Morgan fingerprint density at radius 2 is 1.74 bits per heavy atom. The number of halogens is 1. The molecule has 1 N–H and O–H groups in total. The molecule has 0 aliphatic carbocycles. The second kappa shape index (κ2) is 11.4. The predicted octanol–water partition coefficient (Wildman–Crippen LogP) is 6.68. The van der Waals surface area contributed by atoms with Crippen LogP contribution in [-0.2, 0) is 29.0 Å². The van der Waals surface area contributed by atoms with Gasteiger partial charge in [-0.25, -0.2) is 0 Å². The largest absolute Gasteiger partial charge is 0.481 e. The molecule has 0 saturated carbocycles. The minimum Gasteiger partial charge on any atom is -0.481 e. The van der Waals surface area contributed by atoms with Gasteiger partial charge in [0.15, 0.2) is 0 Å². The van der Waals surface area contributed by atoms with E-state index in [-0.39, 0.29) is 18.4 Å². The lowest BCUT2D eigenvalue weighted by Gasteiger charge is -2.18. The molecule has 2 heterocycles. The summed E-state index contributed by atoms with van der Waals surface area (Å²) in [5, 5.41) is 19.0. The molecule has 186 valence electrons. The van der Waals surface area contributed by atoms with Crippen LogP contribution in [0, 0.1) is 15.5 Å². The van der Waals surface area contributed by atoms with Crippen LogP contribution in [0.2, 0.25) is 5.02 Å². The van der Waals surface area contributed by atoms with Gasteiger partial charge < -0.3 is 14.5 Å².